The molecule has 3 amide bonds. The van der Waals surface area contributed by atoms with Crippen LogP contribution in [-0.2, 0) is 9.47 Å². The van der Waals surface area contributed by atoms with Gasteiger partial charge in [-0.1, -0.05) is 30.3 Å². The summed E-state index contributed by atoms with van der Waals surface area (Å²) in [5.74, 6) is 0.702. The van der Waals surface area contributed by atoms with Crippen molar-refractivity contribution in [2.24, 2.45) is 0 Å². The number of fused-ring (bicyclic) bond motifs is 1. The van der Waals surface area contributed by atoms with Crippen molar-refractivity contribution in [3.63, 3.8) is 0 Å². The molecule has 1 spiro atoms. The lowest BCUT2D eigenvalue weighted by Crippen LogP contribution is -2.50. The van der Waals surface area contributed by atoms with Gasteiger partial charge in [-0.3, -0.25) is 4.79 Å². The lowest BCUT2D eigenvalue weighted by molar-refractivity contribution is -0.00119. The fourth-order valence-electron chi connectivity index (χ4n) is 5.23. The predicted molar refractivity (Wildman–Crippen MR) is 166 cm³/mol. The van der Waals surface area contributed by atoms with Crippen molar-refractivity contribution >= 4 is 23.7 Å². The number of amides is 3. The molecule has 0 aliphatic carbocycles. The molecule has 2 aromatic rings. The minimum atomic E-state index is -0.580. The average molecular weight is 592 g/mol. The van der Waals surface area contributed by atoms with Crippen molar-refractivity contribution < 1.29 is 28.6 Å². The molecule has 43 heavy (non-hydrogen) atoms. The highest BCUT2D eigenvalue weighted by molar-refractivity contribution is 5.95. The lowest BCUT2D eigenvalue weighted by atomic mass is 9.83. The molecule has 232 valence electrons. The van der Waals surface area contributed by atoms with Crippen LogP contribution in [0.2, 0.25) is 0 Å². The highest BCUT2D eigenvalue weighted by atomic mass is 16.6. The highest BCUT2D eigenvalue weighted by Crippen LogP contribution is 2.43. The normalized spacial score (nSPS) is 16.0. The number of carbonyl (C=O) groups is 3. The summed E-state index contributed by atoms with van der Waals surface area (Å²) in [6.45, 7) is 15.2. The molecule has 9 heteroatoms. The summed E-state index contributed by atoms with van der Waals surface area (Å²) in [5, 5.41) is 2.72. The van der Waals surface area contributed by atoms with Gasteiger partial charge in [0.25, 0.3) is 5.91 Å². The van der Waals surface area contributed by atoms with Gasteiger partial charge in [-0.2, -0.15) is 0 Å². The molecule has 1 N–H and O–H groups in total. The van der Waals surface area contributed by atoms with Gasteiger partial charge in [0, 0.05) is 56.7 Å². The fraction of sp³-hybridized carbons (Fsp3) is 0.500. The van der Waals surface area contributed by atoms with E-state index >= 15 is 0 Å². The third-order valence-corrected chi connectivity index (χ3v) is 7.32. The zero-order valence-corrected chi connectivity index (χ0v) is 26.5. The average Bonchev–Trinajstić information content (AvgIpc) is 2.93. The van der Waals surface area contributed by atoms with Crippen molar-refractivity contribution in [3.8, 4) is 5.75 Å². The Morgan fingerprint density at radius 2 is 1.56 bits per heavy atom. The van der Waals surface area contributed by atoms with E-state index in [1.165, 1.54) is 0 Å². The number of benzene rings is 2. The van der Waals surface area contributed by atoms with Crippen LogP contribution in [-0.4, -0.2) is 77.4 Å². The molecular formula is C34H45N3O6. The van der Waals surface area contributed by atoms with Crippen LogP contribution < -0.4 is 10.1 Å². The summed E-state index contributed by atoms with van der Waals surface area (Å²) in [7, 11) is 0. The number of rotatable bonds is 6. The molecular weight excluding hydrogens is 546 g/mol. The van der Waals surface area contributed by atoms with Gasteiger partial charge in [-0.15, -0.1) is 0 Å². The number of nitrogens with zero attached hydrogens (tertiary/aromatic N) is 2. The number of likely N-dealkylation sites (tertiary alicyclic amines) is 1. The van der Waals surface area contributed by atoms with Crippen LogP contribution in [0.5, 0.6) is 5.75 Å². The monoisotopic (exact) mass is 591 g/mol. The Morgan fingerprint density at radius 1 is 0.930 bits per heavy atom. The lowest BCUT2D eigenvalue weighted by Gasteiger charge is -2.43. The second-order valence-electron chi connectivity index (χ2n) is 13.1. The summed E-state index contributed by atoms with van der Waals surface area (Å²) in [4.78, 5) is 41.4. The van der Waals surface area contributed by atoms with Crippen molar-refractivity contribution in [3.05, 3.63) is 71.3 Å². The number of piperidine rings is 1. The third-order valence-electron chi connectivity index (χ3n) is 7.32. The molecule has 0 radical (unpaired) electrons. The Balaban J connectivity index is 1.47. The van der Waals surface area contributed by atoms with Gasteiger partial charge in [0.05, 0.1) is 0 Å². The van der Waals surface area contributed by atoms with Gasteiger partial charge in [-0.05, 0) is 83.9 Å². The molecule has 4 rings (SSSR count). The minimum absolute atomic E-state index is 0.104. The first-order chi connectivity index (χ1) is 20.2. The first kappa shape index (κ1) is 31.9. The van der Waals surface area contributed by atoms with Gasteiger partial charge < -0.3 is 29.3 Å². The Hall–Kier alpha value is -4.01. The highest BCUT2D eigenvalue weighted by Gasteiger charge is 2.40. The largest absolute Gasteiger partial charge is 0.482 e. The Labute approximate surface area is 255 Å². The standard InChI is InChI=1S/C34H45N3O6/c1-8-36(22-19-35-30(39)42-32(2,3)4)29(38)25-15-13-24(14-16-25)27-23-34(41-28-12-10-9-11-26(27)28)17-20-37(21-18-34)31(40)43-33(5,6)7/h9-16,23H,8,17-22H2,1-7H3,(H,35,39). The Kier molecular flexibility index (Phi) is 9.42. The molecule has 2 aliphatic heterocycles. The van der Waals surface area contributed by atoms with E-state index in [2.05, 4.69) is 11.4 Å². The van der Waals surface area contributed by atoms with Crippen LogP contribution in [0.25, 0.3) is 5.57 Å². The van der Waals surface area contributed by atoms with E-state index in [0.717, 1.165) is 22.4 Å². The zero-order chi connectivity index (χ0) is 31.4. The first-order valence-corrected chi connectivity index (χ1v) is 15.0. The summed E-state index contributed by atoms with van der Waals surface area (Å²) < 4.78 is 17.4. The summed E-state index contributed by atoms with van der Waals surface area (Å²) >= 11 is 0. The fourth-order valence-corrected chi connectivity index (χ4v) is 5.23. The molecule has 0 atom stereocenters. The zero-order valence-electron chi connectivity index (χ0n) is 26.5. The maximum Gasteiger partial charge on any atom is 0.410 e. The first-order valence-electron chi connectivity index (χ1n) is 15.0. The van der Waals surface area contributed by atoms with Crippen LogP contribution in [0.4, 0.5) is 9.59 Å². The maximum absolute atomic E-state index is 13.3. The van der Waals surface area contributed by atoms with E-state index in [1.54, 1.807) is 9.80 Å². The van der Waals surface area contributed by atoms with Crippen LogP contribution in [0, 0.1) is 0 Å². The number of hydrogen-bond donors (Lipinski definition) is 1. The molecule has 9 nitrogen and oxygen atoms in total. The topological polar surface area (TPSA) is 97.4 Å². The van der Waals surface area contributed by atoms with Crippen molar-refractivity contribution in [1.29, 1.82) is 0 Å². The second kappa shape index (κ2) is 12.7. The van der Waals surface area contributed by atoms with Gasteiger partial charge in [0.15, 0.2) is 0 Å². The molecule has 1 saturated heterocycles. The van der Waals surface area contributed by atoms with E-state index in [-0.39, 0.29) is 12.0 Å². The second-order valence-corrected chi connectivity index (χ2v) is 13.1. The smallest absolute Gasteiger partial charge is 0.410 e. The van der Waals surface area contributed by atoms with Crippen LogP contribution in [0.3, 0.4) is 0 Å². The molecule has 2 heterocycles. The predicted octanol–water partition coefficient (Wildman–Crippen LogP) is 6.27. The van der Waals surface area contributed by atoms with E-state index in [1.807, 2.05) is 97.0 Å². The van der Waals surface area contributed by atoms with Crippen molar-refractivity contribution in [2.75, 3.05) is 32.7 Å². The van der Waals surface area contributed by atoms with Gasteiger partial charge in [0.1, 0.15) is 22.6 Å². The van der Waals surface area contributed by atoms with E-state index in [0.29, 0.717) is 51.1 Å². The number of likely N-dealkylation sites (N-methyl/N-ethyl adjacent to an activating group) is 1. The van der Waals surface area contributed by atoms with Crippen LogP contribution >= 0.6 is 0 Å². The number of para-hydroxylation sites is 1. The quantitative estimate of drug-likeness (QED) is 0.426. The van der Waals surface area contributed by atoms with Gasteiger partial charge in [-0.25, -0.2) is 9.59 Å². The van der Waals surface area contributed by atoms with Crippen LogP contribution in [0.15, 0.2) is 54.6 Å². The molecule has 0 bridgehead atoms. The van der Waals surface area contributed by atoms with Gasteiger partial charge >= 0.3 is 12.2 Å². The molecule has 0 saturated carbocycles. The number of alkyl carbamates (subject to hydrolysis) is 1. The number of hydrogen-bond acceptors (Lipinski definition) is 6. The van der Waals surface area contributed by atoms with Crippen molar-refractivity contribution in [2.45, 2.75) is 78.1 Å². The number of nitrogens with one attached hydrogen (secondary N) is 1. The molecule has 0 aromatic heterocycles. The minimum Gasteiger partial charge on any atom is -0.482 e. The molecule has 0 unspecified atom stereocenters. The maximum atomic E-state index is 13.3. The van der Waals surface area contributed by atoms with E-state index in [4.69, 9.17) is 14.2 Å². The summed E-state index contributed by atoms with van der Waals surface area (Å²) in [5.41, 5.74) is 1.92. The van der Waals surface area contributed by atoms with Gasteiger partial charge in [0.2, 0.25) is 0 Å². The summed E-state index contributed by atoms with van der Waals surface area (Å²) in [6, 6.07) is 15.6. The SMILES string of the molecule is CCN(CCNC(=O)OC(C)(C)C)C(=O)c1ccc(C2=CC3(CCN(C(=O)OC(C)(C)C)CC3)Oc3ccccc32)cc1. The Bertz CT molecular complexity index is 1350. The van der Waals surface area contributed by atoms with E-state index in [9.17, 15) is 14.4 Å². The molecule has 1 fully saturated rings. The van der Waals surface area contributed by atoms with Crippen LogP contribution in [0.1, 0.15) is 82.8 Å². The summed E-state index contributed by atoms with van der Waals surface area (Å²) in [6.07, 6.45) is 2.66. The van der Waals surface area contributed by atoms with Crippen molar-refractivity contribution in [1.82, 2.24) is 15.1 Å². The molecule has 2 aromatic carbocycles. The van der Waals surface area contributed by atoms with E-state index < -0.39 is 22.9 Å². The number of carbonyl (C=O) groups excluding carboxylic acids is 3. The molecule has 2 aliphatic rings. The Morgan fingerprint density at radius 3 is 2.16 bits per heavy atom. The number of ether oxygens (including phenoxy) is 3. The third kappa shape index (κ3) is 8.30.